The number of allylic oxidation sites excluding steroid dienone is 4. The Hall–Kier alpha value is -0.520. The van der Waals surface area contributed by atoms with Crippen molar-refractivity contribution in [1.82, 2.24) is 0 Å². The van der Waals surface area contributed by atoms with Gasteiger partial charge in [-0.15, -0.1) is 0 Å². The van der Waals surface area contributed by atoms with Crippen molar-refractivity contribution in [1.29, 1.82) is 0 Å². The molecule has 0 aromatic rings. The normalized spacial score (nSPS) is 13.8. The van der Waals surface area contributed by atoms with Crippen LogP contribution in [0.3, 0.4) is 0 Å². The Labute approximate surface area is 178 Å². The Morgan fingerprint density at radius 3 is 1.00 bits per heavy atom. The first-order chi connectivity index (χ1) is 13.9. The van der Waals surface area contributed by atoms with Crippen molar-refractivity contribution in [3.05, 3.63) is 24.3 Å². The first-order valence-corrected chi connectivity index (χ1v) is 13.3. The van der Waals surface area contributed by atoms with E-state index in [9.17, 15) is 0 Å². The molecule has 0 nitrogen and oxygen atoms in total. The van der Waals surface area contributed by atoms with Gasteiger partial charge in [-0.05, 0) is 12.3 Å². The second kappa shape index (κ2) is 21.2. The van der Waals surface area contributed by atoms with Gasteiger partial charge in [0.1, 0.15) is 0 Å². The average Bonchev–Trinajstić information content (AvgIpc) is 3.22. The van der Waals surface area contributed by atoms with Gasteiger partial charge in [0.05, 0.1) is 0 Å². The Bertz CT molecular complexity index is 339. The van der Waals surface area contributed by atoms with Crippen molar-refractivity contribution in [2.45, 2.75) is 148 Å². The van der Waals surface area contributed by atoms with Crippen LogP contribution in [0.2, 0.25) is 0 Å². The van der Waals surface area contributed by atoms with Crippen molar-refractivity contribution < 1.29 is 0 Å². The van der Waals surface area contributed by atoms with Crippen LogP contribution < -0.4 is 0 Å². The number of rotatable bonds is 22. The van der Waals surface area contributed by atoms with E-state index >= 15 is 0 Å². The van der Waals surface area contributed by atoms with Gasteiger partial charge in [0.25, 0.3) is 0 Å². The molecule has 0 heterocycles. The third-order valence-corrected chi connectivity index (χ3v) is 6.47. The lowest BCUT2D eigenvalue weighted by atomic mass is 10.0. The van der Waals surface area contributed by atoms with Crippen LogP contribution in [0.4, 0.5) is 0 Å². The summed E-state index contributed by atoms with van der Waals surface area (Å²) in [4.78, 5) is 0. The van der Waals surface area contributed by atoms with Gasteiger partial charge in [0.15, 0.2) is 0 Å². The largest absolute Gasteiger partial charge is 0.0776 e. The predicted molar refractivity (Wildman–Crippen MR) is 129 cm³/mol. The Balaban J connectivity index is 1.63. The first kappa shape index (κ1) is 25.5. The maximum Gasteiger partial charge on any atom is -0.00473 e. The highest BCUT2D eigenvalue weighted by Gasteiger charge is 2.02. The maximum absolute atomic E-state index is 2.34. The molecule has 0 N–H and O–H groups in total. The molecule has 0 unspecified atom stereocenters. The summed E-state index contributed by atoms with van der Waals surface area (Å²) in [5.41, 5.74) is 0. The summed E-state index contributed by atoms with van der Waals surface area (Å²) in [5.74, 6) is 0.750. The molecule has 28 heavy (non-hydrogen) atoms. The predicted octanol–water partition coefficient (Wildman–Crippen LogP) is 10.3. The highest BCUT2D eigenvalue weighted by molar-refractivity contribution is 5.17. The monoisotopic (exact) mass is 388 g/mol. The van der Waals surface area contributed by atoms with Gasteiger partial charge in [-0.1, -0.05) is 166 Å². The fraction of sp³-hybridized carbons (Fsp3) is 0.857. The lowest BCUT2D eigenvalue weighted by Gasteiger charge is -2.05. The summed E-state index contributed by atoms with van der Waals surface area (Å²) in [6.07, 6.45) is 41.3. The molecule has 0 aromatic heterocycles. The Kier molecular flexibility index (Phi) is 19.3. The van der Waals surface area contributed by atoms with E-state index < -0.39 is 0 Å². The van der Waals surface area contributed by atoms with Crippen molar-refractivity contribution in [3.8, 4) is 0 Å². The zero-order valence-electron chi connectivity index (χ0n) is 19.4. The Morgan fingerprint density at radius 2 is 0.679 bits per heavy atom. The van der Waals surface area contributed by atoms with Gasteiger partial charge in [0, 0.05) is 0 Å². The molecule has 0 saturated heterocycles. The second-order valence-electron chi connectivity index (χ2n) is 9.29. The van der Waals surface area contributed by atoms with E-state index in [4.69, 9.17) is 0 Å². The van der Waals surface area contributed by atoms with Crippen molar-refractivity contribution in [2.24, 2.45) is 5.92 Å². The summed E-state index contributed by atoms with van der Waals surface area (Å²) < 4.78 is 0. The van der Waals surface area contributed by atoms with Gasteiger partial charge in [0.2, 0.25) is 0 Å². The van der Waals surface area contributed by atoms with Gasteiger partial charge < -0.3 is 0 Å². The Morgan fingerprint density at radius 1 is 0.393 bits per heavy atom. The minimum Gasteiger partial charge on any atom is -0.0776 e. The van der Waals surface area contributed by atoms with Gasteiger partial charge in [-0.25, -0.2) is 0 Å². The van der Waals surface area contributed by atoms with Crippen molar-refractivity contribution in [3.63, 3.8) is 0 Å². The molecule has 0 amide bonds. The SMILES string of the molecule is CCCCCCCCCCCCCCCCCCCCCCCC1C=CC=C1. The van der Waals surface area contributed by atoms with Crippen LogP contribution in [0.1, 0.15) is 148 Å². The smallest absolute Gasteiger partial charge is 0.00473 e. The third-order valence-electron chi connectivity index (χ3n) is 6.47. The van der Waals surface area contributed by atoms with Crippen molar-refractivity contribution >= 4 is 0 Å². The van der Waals surface area contributed by atoms with Crippen molar-refractivity contribution in [2.75, 3.05) is 0 Å². The van der Waals surface area contributed by atoms with E-state index in [1.807, 2.05) is 0 Å². The van der Waals surface area contributed by atoms with Crippen LogP contribution in [0.25, 0.3) is 0 Å². The summed E-state index contributed by atoms with van der Waals surface area (Å²) in [7, 11) is 0. The molecule has 1 aliphatic rings. The van der Waals surface area contributed by atoms with E-state index in [1.54, 1.807) is 0 Å². The molecule has 0 aliphatic heterocycles. The van der Waals surface area contributed by atoms with Crippen LogP contribution in [-0.4, -0.2) is 0 Å². The van der Waals surface area contributed by atoms with E-state index in [2.05, 4.69) is 31.2 Å². The zero-order chi connectivity index (χ0) is 20.0. The third kappa shape index (κ3) is 17.6. The molecule has 164 valence electrons. The quantitative estimate of drug-likeness (QED) is 0.162. The number of hydrogen-bond donors (Lipinski definition) is 0. The number of unbranched alkanes of at least 4 members (excludes halogenated alkanes) is 20. The molecular weight excluding hydrogens is 336 g/mol. The number of hydrogen-bond acceptors (Lipinski definition) is 0. The summed E-state index contributed by atoms with van der Waals surface area (Å²) in [6, 6.07) is 0. The van der Waals surface area contributed by atoms with Crippen LogP contribution >= 0.6 is 0 Å². The topological polar surface area (TPSA) is 0 Å². The minimum atomic E-state index is 0.750. The van der Waals surface area contributed by atoms with Crippen LogP contribution in [0.5, 0.6) is 0 Å². The molecule has 0 fully saturated rings. The van der Waals surface area contributed by atoms with E-state index in [0.29, 0.717) is 0 Å². The molecular formula is C28H52. The molecule has 0 atom stereocenters. The minimum absolute atomic E-state index is 0.750. The summed E-state index contributed by atoms with van der Waals surface area (Å²) in [5, 5.41) is 0. The van der Waals surface area contributed by atoms with Gasteiger partial charge >= 0.3 is 0 Å². The van der Waals surface area contributed by atoms with E-state index in [0.717, 1.165) is 5.92 Å². The molecule has 0 saturated carbocycles. The molecule has 0 aromatic carbocycles. The lowest BCUT2D eigenvalue weighted by Crippen LogP contribution is -1.89. The standard InChI is InChI=1S/C28H52/c1-2-3-4-5-6-7-8-9-10-11-12-13-14-15-16-17-18-19-20-21-22-25-28-26-23-24-27-28/h23-24,26-28H,2-22,25H2,1H3. The highest BCUT2D eigenvalue weighted by Crippen LogP contribution is 2.18. The van der Waals surface area contributed by atoms with Gasteiger partial charge in [-0.2, -0.15) is 0 Å². The molecule has 0 radical (unpaired) electrons. The fourth-order valence-electron chi connectivity index (χ4n) is 4.48. The average molecular weight is 389 g/mol. The second-order valence-corrected chi connectivity index (χ2v) is 9.29. The maximum atomic E-state index is 2.34. The molecule has 0 heteroatoms. The van der Waals surface area contributed by atoms with E-state index in [-0.39, 0.29) is 0 Å². The van der Waals surface area contributed by atoms with Crippen LogP contribution in [0, 0.1) is 5.92 Å². The molecule has 0 bridgehead atoms. The van der Waals surface area contributed by atoms with E-state index in [1.165, 1.54) is 141 Å². The molecule has 1 rings (SSSR count). The molecule has 1 aliphatic carbocycles. The highest BCUT2D eigenvalue weighted by atomic mass is 14.1. The van der Waals surface area contributed by atoms with Gasteiger partial charge in [-0.3, -0.25) is 0 Å². The van der Waals surface area contributed by atoms with Crippen LogP contribution in [0.15, 0.2) is 24.3 Å². The van der Waals surface area contributed by atoms with Crippen LogP contribution in [-0.2, 0) is 0 Å². The summed E-state index contributed by atoms with van der Waals surface area (Å²) in [6.45, 7) is 2.30. The zero-order valence-corrected chi connectivity index (χ0v) is 19.4. The molecule has 0 spiro atoms. The summed E-state index contributed by atoms with van der Waals surface area (Å²) >= 11 is 0. The lowest BCUT2D eigenvalue weighted by molar-refractivity contribution is 0.516. The first-order valence-electron chi connectivity index (χ1n) is 13.3. The fourth-order valence-corrected chi connectivity index (χ4v) is 4.48.